The van der Waals surface area contributed by atoms with Crippen molar-refractivity contribution in [3.05, 3.63) is 47.8 Å². The van der Waals surface area contributed by atoms with E-state index in [1.807, 2.05) is 24.5 Å². The third-order valence-electron chi connectivity index (χ3n) is 19.0. The van der Waals surface area contributed by atoms with Crippen LogP contribution in [0.4, 0.5) is 22.7 Å². The van der Waals surface area contributed by atoms with Gasteiger partial charge in [-0.2, -0.15) is 0 Å². The number of hydrogen-bond donors (Lipinski definition) is 4. The molecule has 2 aromatic carbocycles. The average molecular weight is 1370 g/mol. The van der Waals surface area contributed by atoms with Crippen molar-refractivity contribution in [2.75, 3.05) is 47.7 Å². The molecule has 98 heavy (non-hydrogen) atoms. The lowest BCUT2D eigenvalue weighted by Gasteiger charge is -2.20. The first kappa shape index (κ1) is 89.1. The number of Topliss-reactive ketones (excluding diaryl/α,β-unsaturated/α-hetero) is 2. The molecule has 0 radical (unpaired) electrons. The number of unbranched alkanes of at least 4 members (excludes halogenated alkanes) is 42. The van der Waals surface area contributed by atoms with Gasteiger partial charge in [0.05, 0.1) is 49.2 Å². The lowest BCUT2D eigenvalue weighted by Crippen LogP contribution is -2.29. The maximum atomic E-state index is 14.9. The van der Waals surface area contributed by atoms with Crippen molar-refractivity contribution in [2.45, 2.75) is 402 Å². The smallest absolute Gasteiger partial charge is 0.314 e. The van der Waals surface area contributed by atoms with Crippen molar-refractivity contribution < 1.29 is 38.1 Å². The van der Waals surface area contributed by atoms with Crippen molar-refractivity contribution in [3.63, 3.8) is 0 Å². The van der Waals surface area contributed by atoms with Crippen LogP contribution in [0, 0.1) is 0 Å². The quantitative estimate of drug-likeness (QED) is 0.0286. The summed E-state index contributed by atoms with van der Waals surface area (Å²) < 4.78 is 26.5. The van der Waals surface area contributed by atoms with Crippen molar-refractivity contribution in [2.24, 2.45) is 0 Å². The lowest BCUT2D eigenvalue weighted by molar-refractivity contribution is -0.132. The summed E-state index contributed by atoms with van der Waals surface area (Å²) in [5, 5.41) is 13.0. The Morgan fingerprint density at radius 2 is 0.449 bits per heavy atom. The summed E-state index contributed by atoms with van der Waals surface area (Å²) in [6, 6.07) is 7.29. The molecule has 0 heterocycles. The molecule has 0 fully saturated rings. The number of anilines is 4. The van der Waals surface area contributed by atoms with Crippen molar-refractivity contribution in [1.82, 2.24) is 0 Å². The molecule has 0 saturated heterocycles. The topological polar surface area (TPSA) is 153 Å². The maximum absolute atomic E-state index is 14.9. The number of carbonyl (C=O) groups is 4. The zero-order valence-electron chi connectivity index (χ0n) is 64.7. The zero-order valence-corrected chi connectivity index (χ0v) is 64.7. The van der Waals surface area contributed by atoms with E-state index in [1.54, 1.807) is 12.1 Å². The summed E-state index contributed by atoms with van der Waals surface area (Å²) in [7, 11) is 0. The maximum Gasteiger partial charge on any atom is 0.314 e. The van der Waals surface area contributed by atoms with E-state index in [-0.39, 0.29) is 11.6 Å². The molecule has 0 aliphatic carbocycles. The number of nitrogens with one attached hydrogen (secondary N) is 4. The highest BCUT2D eigenvalue weighted by atomic mass is 16.5. The summed E-state index contributed by atoms with van der Waals surface area (Å²) >= 11 is 0. The van der Waals surface area contributed by atoms with E-state index < -0.39 is 11.8 Å². The highest BCUT2D eigenvalue weighted by molar-refractivity contribution is 6.44. The van der Waals surface area contributed by atoms with Gasteiger partial charge in [-0.05, 0) is 64.2 Å². The fourth-order valence-corrected chi connectivity index (χ4v) is 12.5. The highest BCUT2D eigenvalue weighted by Crippen LogP contribution is 2.40. The van der Waals surface area contributed by atoms with Gasteiger partial charge in [0.25, 0.3) is 0 Å². The Morgan fingerprint density at radius 1 is 0.255 bits per heavy atom. The molecule has 0 bridgehead atoms. The number of hydrogen-bond acceptors (Lipinski definition) is 10. The summed E-state index contributed by atoms with van der Waals surface area (Å²) in [5.41, 5.74) is 3.10. The Balaban J connectivity index is 2.87. The molecule has 12 nitrogen and oxygen atoms in total. The molecule has 0 unspecified atom stereocenters. The molecule has 562 valence electrons. The van der Waals surface area contributed by atoms with Crippen LogP contribution >= 0.6 is 0 Å². The Hall–Kier alpha value is -5.00. The van der Waals surface area contributed by atoms with Crippen LogP contribution in [0.2, 0.25) is 0 Å². The van der Waals surface area contributed by atoms with Crippen LogP contribution in [0.25, 0.3) is 0 Å². The Bertz CT molecular complexity index is 2200. The Morgan fingerprint density at radius 3 is 0.684 bits per heavy atom. The third-order valence-corrected chi connectivity index (χ3v) is 19.0. The van der Waals surface area contributed by atoms with E-state index in [9.17, 15) is 19.2 Å². The molecule has 0 saturated carbocycles. The van der Waals surface area contributed by atoms with Crippen molar-refractivity contribution >= 4 is 46.1 Å². The van der Waals surface area contributed by atoms with Crippen LogP contribution in [0.1, 0.15) is 402 Å². The Kier molecular flexibility index (Phi) is 58.3. The monoisotopic (exact) mass is 1370 g/mol. The molecule has 2 rings (SSSR count). The minimum absolute atomic E-state index is 0.142. The average Bonchev–Trinajstić information content (AvgIpc) is 0.823. The van der Waals surface area contributed by atoms with Gasteiger partial charge in [0, 0.05) is 60.7 Å². The molecule has 2 aromatic rings. The highest BCUT2D eigenvalue weighted by Gasteiger charge is 2.23. The van der Waals surface area contributed by atoms with Crippen LogP contribution in [0.5, 0.6) is 23.0 Å². The molecule has 0 aliphatic rings. The van der Waals surface area contributed by atoms with Gasteiger partial charge in [0.2, 0.25) is 0 Å². The fraction of sp³-hybridized carbons (Fsp3) is 0.767. The zero-order chi connectivity index (χ0) is 71.0. The third kappa shape index (κ3) is 45.7. The largest absolute Gasteiger partial charge is 0.490 e. The van der Waals surface area contributed by atoms with Gasteiger partial charge >= 0.3 is 11.8 Å². The van der Waals surface area contributed by atoms with Gasteiger partial charge in [-0.3, -0.25) is 19.2 Å². The summed E-state index contributed by atoms with van der Waals surface area (Å²) in [6.07, 6.45) is 61.7. The van der Waals surface area contributed by atoms with E-state index in [0.29, 0.717) is 97.9 Å². The van der Waals surface area contributed by atoms with Gasteiger partial charge in [0.15, 0.2) is 34.6 Å². The number of allylic oxidation sites excluding steroid dienone is 2. The van der Waals surface area contributed by atoms with Gasteiger partial charge in [0.1, 0.15) is 0 Å². The second-order valence-corrected chi connectivity index (χ2v) is 28.3. The second kappa shape index (κ2) is 64.1. The summed E-state index contributed by atoms with van der Waals surface area (Å²) in [5.74, 6) is 0.553. The number of benzene rings is 2. The minimum atomic E-state index is -0.893. The normalized spacial score (nSPS) is 11.7. The van der Waals surface area contributed by atoms with Gasteiger partial charge in [-0.15, -0.1) is 0 Å². The summed E-state index contributed by atoms with van der Waals surface area (Å²) in [4.78, 5) is 58.4. The standard InChI is InChI=1S/C86H150N4O8/c1-9-17-25-33-41-45-53-61-79(91)73(59-51-43-35-27-19-11-3)71-87-75-67-81(95-63-55-47-37-29-21-13-5)83(97-65-57-49-39-31-23-15-7)69-77(75)89-85(93)86(94)90-78-70-84(98-66-58-50-40-32-24-16-8)82(96-64-56-48-38-30-22-14-6)68-76(78)88-72-74(60-52-44-36-28-20-12-4)80(92)62-54-46-42-34-26-18-10-2/h67-72,87-88H,9-66H2,1-8H3,(H,89,93)(H,90,94)/b73-71+,74-72+. The number of ketones is 2. The van der Waals surface area contributed by atoms with E-state index in [4.69, 9.17) is 18.9 Å². The predicted octanol–water partition coefficient (Wildman–Crippen LogP) is 26.7. The first-order chi connectivity index (χ1) is 48.1. The predicted molar refractivity (Wildman–Crippen MR) is 420 cm³/mol. The van der Waals surface area contributed by atoms with Gasteiger partial charge in [-0.25, -0.2) is 0 Å². The first-order valence-corrected chi connectivity index (χ1v) is 41.6. The van der Waals surface area contributed by atoms with Gasteiger partial charge in [-0.1, -0.05) is 325 Å². The molecule has 12 heteroatoms. The number of rotatable bonds is 70. The van der Waals surface area contributed by atoms with Gasteiger partial charge < -0.3 is 40.2 Å². The number of amides is 2. The molecular formula is C86H150N4O8. The molecular weight excluding hydrogens is 1220 g/mol. The van der Waals surface area contributed by atoms with E-state index in [2.05, 4.69) is 76.7 Å². The molecule has 0 spiro atoms. The van der Waals surface area contributed by atoms with Crippen LogP contribution in [0.3, 0.4) is 0 Å². The number of carbonyl (C=O) groups excluding carboxylic acids is 4. The molecule has 2 amide bonds. The molecule has 0 aromatic heterocycles. The molecule has 4 N–H and O–H groups in total. The van der Waals surface area contributed by atoms with Crippen LogP contribution in [-0.4, -0.2) is 49.8 Å². The van der Waals surface area contributed by atoms with E-state index in [0.717, 1.165) is 165 Å². The van der Waals surface area contributed by atoms with Crippen LogP contribution in [0.15, 0.2) is 47.8 Å². The van der Waals surface area contributed by atoms with Crippen molar-refractivity contribution in [3.8, 4) is 23.0 Å². The molecule has 0 atom stereocenters. The second-order valence-electron chi connectivity index (χ2n) is 28.3. The fourth-order valence-electron chi connectivity index (χ4n) is 12.5. The van der Waals surface area contributed by atoms with Crippen LogP contribution < -0.4 is 40.2 Å². The van der Waals surface area contributed by atoms with Crippen LogP contribution in [-0.2, 0) is 19.2 Å². The Labute approximate surface area is 601 Å². The van der Waals surface area contributed by atoms with E-state index in [1.165, 1.54) is 167 Å². The SMILES string of the molecule is CCCCCCCCCC(=O)/C(=C/Nc1cc(OCCCCCCCC)c(OCCCCCCCC)cc1NC(=O)C(=O)Nc1cc(OCCCCCCCC)c(OCCCCCCCC)cc1N/C=C(\CCCCCCCC)C(=O)CCCCCCCCC)CCCCCCCC. The first-order valence-electron chi connectivity index (χ1n) is 41.6. The number of ether oxygens (including phenoxy) is 4. The lowest BCUT2D eigenvalue weighted by atomic mass is 9.98. The summed E-state index contributed by atoms with van der Waals surface area (Å²) in [6.45, 7) is 19.8. The van der Waals surface area contributed by atoms with Crippen molar-refractivity contribution in [1.29, 1.82) is 0 Å². The molecule has 0 aliphatic heterocycles. The minimum Gasteiger partial charge on any atom is -0.490 e. The van der Waals surface area contributed by atoms with E-state index >= 15 is 0 Å².